The fourth-order valence-corrected chi connectivity index (χ4v) is 3.63. The maximum atomic E-state index is 11.9. The van der Waals surface area contributed by atoms with E-state index in [9.17, 15) is 4.79 Å². The third-order valence-corrected chi connectivity index (χ3v) is 4.88. The molecule has 0 unspecified atom stereocenters. The van der Waals surface area contributed by atoms with Crippen molar-refractivity contribution in [2.75, 3.05) is 12.4 Å². The molecule has 1 aromatic heterocycles. The molecule has 0 bridgehead atoms. The van der Waals surface area contributed by atoms with E-state index in [2.05, 4.69) is 15.5 Å². The summed E-state index contributed by atoms with van der Waals surface area (Å²) in [6.45, 7) is 0. The molecule has 1 aliphatic heterocycles. The molecule has 1 fully saturated rings. The molecule has 2 aliphatic rings. The van der Waals surface area contributed by atoms with Gasteiger partial charge in [-0.15, -0.1) is 0 Å². The van der Waals surface area contributed by atoms with Gasteiger partial charge in [-0.3, -0.25) is 9.89 Å². The van der Waals surface area contributed by atoms with Crippen LogP contribution in [0.25, 0.3) is 0 Å². The van der Waals surface area contributed by atoms with Crippen molar-refractivity contribution < 1.29 is 14.3 Å². The maximum absolute atomic E-state index is 11.9. The molecule has 1 aliphatic carbocycles. The molecule has 4 rings (SSSR count). The van der Waals surface area contributed by atoms with E-state index in [1.807, 2.05) is 18.2 Å². The van der Waals surface area contributed by atoms with Crippen LogP contribution in [0.1, 0.15) is 49.1 Å². The first kappa shape index (κ1) is 15.1. The predicted molar refractivity (Wildman–Crippen MR) is 89.6 cm³/mol. The van der Waals surface area contributed by atoms with E-state index in [4.69, 9.17) is 9.47 Å². The Balaban J connectivity index is 1.63. The number of rotatable bonds is 4. The maximum Gasteiger partial charge on any atom is 0.226 e. The van der Waals surface area contributed by atoms with E-state index in [0.29, 0.717) is 12.2 Å². The molecular formula is C18H21N3O3. The number of benzene rings is 1. The number of H-pyrrole nitrogens is 1. The summed E-state index contributed by atoms with van der Waals surface area (Å²) in [6.07, 6.45) is 7.12. The Labute approximate surface area is 140 Å². The standard InChI is InChI=1S/C18H21N3O3/c1-23-16-8-11(6-7-15(16)24-12-4-2-3-5-12)13-9-17(22)20-18-14(13)10-19-21-18/h6-8,10,12-13H,2-5,9H2,1H3,(H2,19,20,21,22)/t13-/m0/s1. The zero-order chi connectivity index (χ0) is 16.5. The van der Waals surface area contributed by atoms with Gasteiger partial charge < -0.3 is 14.8 Å². The molecule has 1 aromatic carbocycles. The highest BCUT2D eigenvalue weighted by atomic mass is 16.5. The summed E-state index contributed by atoms with van der Waals surface area (Å²) in [7, 11) is 1.65. The van der Waals surface area contributed by atoms with E-state index in [-0.39, 0.29) is 17.9 Å². The number of nitrogens with one attached hydrogen (secondary N) is 2. The number of ether oxygens (including phenoxy) is 2. The average molecular weight is 327 g/mol. The molecule has 1 atom stereocenters. The number of aromatic nitrogens is 2. The number of carbonyl (C=O) groups is 1. The fourth-order valence-electron chi connectivity index (χ4n) is 3.63. The number of methoxy groups -OCH3 is 1. The van der Waals surface area contributed by atoms with Gasteiger partial charge in [-0.25, -0.2) is 0 Å². The van der Waals surface area contributed by atoms with Gasteiger partial charge in [0.25, 0.3) is 0 Å². The van der Waals surface area contributed by atoms with Crippen LogP contribution in [0.15, 0.2) is 24.4 Å². The number of carbonyl (C=O) groups excluding carboxylic acids is 1. The third kappa shape index (κ3) is 2.72. The number of fused-ring (bicyclic) bond motifs is 1. The zero-order valence-electron chi connectivity index (χ0n) is 13.7. The van der Waals surface area contributed by atoms with Gasteiger partial charge in [0.05, 0.1) is 19.4 Å². The Morgan fingerprint density at radius 2 is 2.04 bits per heavy atom. The second-order valence-electron chi connectivity index (χ2n) is 6.44. The van der Waals surface area contributed by atoms with Crippen molar-refractivity contribution >= 4 is 11.7 Å². The van der Waals surface area contributed by atoms with Crippen LogP contribution in [0.2, 0.25) is 0 Å². The molecule has 126 valence electrons. The summed E-state index contributed by atoms with van der Waals surface area (Å²) in [5.74, 6) is 2.14. The monoisotopic (exact) mass is 327 g/mol. The lowest BCUT2D eigenvalue weighted by atomic mass is 9.87. The normalized spacial score (nSPS) is 20.5. The number of anilines is 1. The van der Waals surface area contributed by atoms with Crippen LogP contribution in [-0.4, -0.2) is 29.3 Å². The van der Waals surface area contributed by atoms with Crippen LogP contribution in [0.5, 0.6) is 11.5 Å². The zero-order valence-corrected chi connectivity index (χ0v) is 13.7. The topological polar surface area (TPSA) is 76.2 Å². The number of nitrogens with zero attached hydrogens (tertiary/aromatic N) is 1. The van der Waals surface area contributed by atoms with Gasteiger partial charge in [-0.2, -0.15) is 5.10 Å². The van der Waals surface area contributed by atoms with Gasteiger partial charge in [0.15, 0.2) is 11.5 Å². The molecule has 0 spiro atoms. The Bertz CT molecular complexity index is 750. The van der Waals surface area contributed by atoms with Gasteiger partial charge in [0, 0.05) is 17.9 Å². The van der Waals surface area contributed by atoms with E-state index < -0.39 is 0 Å². The first-order chi connectivity index (χ1) is 11.7. The molecule has 2 heterocycles. The highest BCUT2D eigenvalue weighted by Gasteiger charge is 2.29. The predicted octanol–water partition coefficient (Wildman–Crippen LogP) is 3.21. The molecule has 2 aromatic rings. The van der Waals surface area contributed by atoms with Crippen LogP contribution in [-0.2, 0) is 4.79 Å². The minimum atomic E-state index is -0.0260. The van der Waals surface area contributed by atoms with Crippen LogP contribution in [0.3, 0.4) is 0 Å². The van der Waals surface area contributed by atoms with Crippen molar-refractivity contribution in [3.63, 3.8) is 0 Å². The van der Waals surface area contributed by atoms with Crippen molar-refractivity contribution in [2.24, 2.45) is 0 Å². The lowest BCUT2D eigenvalue weighted by Gasteiger charge is -2.23. The molecular weight excluding hydrogens is 306 g/mol. The second kappa shape index (κ2) is 6.19. The van der Waals surface area contributed by atoms with E-state index in [1.165, 1.54) is 12.8 Å². The number of hydrogen-bond donors (Lipinski definition) is 2. The Hall–Kier alpha value is -2.50. The summed E-state index contributed by atoms with van der Waals surface area (Å²) in [5.41, 5.74) is 2.03. The molecule has 24 heavy (non-hydrogen) atoms. The van der Waals surface area contributed by atoms with Gasteiger partial charge in [0.2, 0.25) is 5.91 Å². The van der Waals surface area contributed by atoms with Crippen LogP contribution >= 0.6 is 0 Å². The van der Waals surface area contributed by atoms with Crippen molar-refractivity contribution in [3.05, 3.63) is 35.5 Å². The minimum absolute atomic E-state index is 0.0120. The first-order valence-electron chi connectivity index (χ1n) is 8.42. The summed E-state index contributed by atoms with van der Waals surface area (Å²) in [6, 6.07) is 5.95. The van der Waals surface area contributed by atoms with E-state index in [0.717, 1.165) is 35.5 Å². The molecule has 1 saturated carbocycles. The summed E-state index contributed by atoms with van der Waals surface area (Å²) < 4.78 is 11.6. The van der Waals surface area contributed by atoms with Gasteiger partial charge in [-0.05, 0) is 43.4 Å². The Morgan fingerprint density at radius 3 is 2.83 bits per heavy atom. The molecule has 6 heteroatoms. The first-order valence-corrected chi connectivity index (χ1v) is 8.42. The summed E-state index contributed by atoms with van der Waals surface area (Å²) in [5, 5.41) is 9.70. The number of aromatic amines is 1. The molecule has 0 radical (unpaired) electrons. The lowest BCUT2D eigenvalue weighted by molar-refractivity contribution is -0.116. The largest absolute Gasteiger partial charge is 0.493 e. The molecule has 1 amide bonds. The smallest absolute Gasteiger partial charge is 0.226 e. The molecule has 0 saturated heterocycles. The number of hydrogen-bond acceptors (Lipinski definition) is 4. The van der Waals surface area contributed by atoms with E-state index in [1.54, 1.807) is 13.3 Å². The Kier molecular flexibility index (Phi) is 3.88. The second-order valence-corrected chi connectivity index (χ2v) is 6.44. The van der Waals surface area contributed by atoms with Crippen molar-refractivity contribution in [2.45, 2.75) is 44.1 Å². The number of amides is 1. The highest BCUT2D eigenvalue weighted by Crippen LogP contribution is 2.40. The molecule has 6 nitrogen and oxygen atoms in total. The average Bonchev–Trinajstić information content (AvgIpc) is 3.25. The summed E-state index contributed by atoms with van der Waals surface area (Å²) >= 11 is 0. The van der Waals surface area contributed by atoms with Crippen LogP contribution < -0.4 is 14.8 Å². The molecule has 2 N–H and O–H groups in total. The lowest BCUT2D eigenvalue weighted by Crippen LogP contribution is -2.23. The van der Waals surface area contributed by atoms with Crippen molar-refractivity contribution in [3.8, 4) is 11.5 Å². The van der Waals surface area contributed by atoms with Gasteiger partial charge >= 0.3 is 0 Å². The van der Waals surface area contributed by atoms with E-state index >= 15 is 0 Å². The Morgan fingerprint density at radius 1 is 1.21 bits per heavy atom. The fraction of sp³-hybridized carbons (Fsp3) is 0.444. The van der Waals surface area contributed by atoms with Crippen molar-refractivity contribution in [1.82, 2.24) is 10.2 Å². The summed E-state index contributed by atoms with van der Waals surface area (Å²) in [4.78, 5) is 11.9. The minimum Gasteiger partial charge on any atom is -0.493 e. The van der Waals surface area contributed by atoms with Crippen LogP contribution in [0.4, 0.5) is 5.82 Å². The van der Waals surface area contributed by atoms with Gasteiger partial charge in [0.1, 0.15) is 5.82 Å². The third-order valence-electron chi connectivity index (χ3n) is 4.88. The van der Waals surface area contributed by atoms with Gasteiger partial charge in [-0.1, -0.05) is 6.07 Å². The SMILES string of the molecule is COc1cc([C@@H]2CC(=O)Nc3[nH]ncc32)ccc1OC1CCCC1. The van der Waals surface area contributed by atoms with Crippen molar-refractivity contribution in [1.29, 1.82) is 0 Å². The quantitative estimate of drug-likeness (QED) is 0.904. The van der Waals surface area contributed by atoms with Crippen LogP contribution in [0, 0.1) is 0 Å². The highest BCUT2D eigenvalue weighted by molar-refractivity contribution is 5.94.